The Kier molecular flexibility index (Phi) is 5.41. The lowest BCUT2D eigenvalue weighted by Gasteiger charge is -2.37. The van der Waals surface area contributed by atoms with Gasteiger partial charge in [-0.25, -0.2) is 4.79 Å². The second-order valence-electron chi connectivity index (χ2n) is 4.67. The molecule has 98 valence electrons. The van der Waals surface area contributed by atoms with Crippen LogP contribution in [0.3, 0.4) is 0 Å². The van der Waals surface area contributed by atoms with Gasteiger partial charge in [-0.3, -0.25) is 4.79 Å². The van der Waals surface area contributed by atoms with Crippen molar-refractivity contribution in [2.75, 3.05) is 19.6 Å². The highest BCUT2D eigenvalue weighted by Gasteiger charge is 2.36. The number of amides is 1. The number of likely N-dealkylation sites (tertiary alicyclic amines) is 1. The van der Waals surface area contributed by atoms with Gasteiger partial charge in [0.2, 0.25) is 5.91 Å². The molecule has 1 saturated heterocycles. The van der Waals surface area contributed by atoms with Gasteiger partial charge in [0.25, 0.3) is 0 Å². The Balaban J connectivity index is 2.59. The number of carbonyl (C=O) groups excluding carboxylic acids is 1. The van der Waals surface area contributed by atoms with Crippen molar-refractivity contribution in [3.63, 3.8) is 0 Å². The number of aliphatic carboxylic acids is 1. The maximum Gasteiger partial charge on any atom is 0.326 e. The molecule has 1 aliphatic rings. The van der Waals surface area contributed by atoms with Gasteiger partial charge in [0.1, 0.15) is 6.04 Å². The van der Waals surface area contributed by atoms with E-state index in [1.807, 2.05) is 13.8 Å². The van der Waals surface area contributed by atoms with Crippen molar-refractivity contribution in [2.45, 2.75) is 39.2 Å². The van der Waals surface area contributed by atoms with E-state index in [1.165, 1.54) is 4.90 Å². The quantitative estimate of drug-likeness (QED) is 0.696. The van der Waals surface area contributed by atoms with Crippen molar-refractivity contribution in [1.29, 1.82) is 0 Å². The Morgan fingerprint density at radius 1 is 1.47 bits per heavy atom. The van der Waals surface area contributed by atoms with Gasteiger partial charge in [0, 0.05) is 6.54 Å². The molecule has 0 bridgehead atoms. The molecular weight excluding hydrogens is 220 g/mol. The molecule has 0 aromatic heterocycles. The van der Waals surface area contributed by atoms with Gasteiger partial charge in [0.15, 0.2) is 0 Å². The summed E-state index contributed by atoms with van der Waals surface area (Å²) in [5, 5.41) is 12.2. The van der Waals surface area contributed by atoms with Crippen LogP contribution in [-0.4, -0.2) is 47.6 Å². The summed E-state index contributed by atoms with van der Waals surface area (Å²) in [7, 11) is 0. The Hall–Kier alpha value is -1.10. The molecule has 1 amide bonds. The Morgan fingerprint density at radius 2 is 2.18 bits per heavy atom. The lowest BCUT2D eigenvalue weighted by molar-refractivity contribution is -0.154. The molecule has 0 spiro atoms. The standard InChI is InChI=1S/C12H22N2O3/c1-3-6-13-8-10(15)14-7-4-5-9(2)11(14)12(16)17/h9,11,13H,3-8H2,1-2H3,(H,16,17). The summed E-state index contributed by atoms with van der Waals surface area (Å²) < 4.78 is 0. The molecule has 2 atom stereocenters. The number of carboxylic acid groups (broad SMARTS) is 1. The maximum absolute atomic E-state index is 11.9. The van der Waals surface area contributed by atoms with Crippen LogP contribution in [0.2, 0.25) is 0 Å². The molecule has 2 unspecified atom stereocenters. The average Bonchev–Trinajstić information content (AvgIpc) is 2.28. The molecule has 17 heavy (non-hydrogen) atoms. The van der Waals surface area contributed by atoms with E-state index in [0.29, 0.717) is 6.54 Å². The highest BCUT2D eigenvalue weighted by atomic mass is 16.4. The number of rotatable bonds is 5. The summed E-state index contributed by atoms with van der Waals surface area (Å²) in [6.07, 6.45) is 2.74. The fraction of sp³-hybridized carbons (Fsp3) is 0.833. The van der Waals surface area contributed by atoms with Crippen LogP contribution < -0.4 is 5.32 Å². The predicted molar refractivity (Wildman–Crippen MR) is 64.7 cm³/mol. The molecule has 5 heteroatoms. The minimum atomic E-state index is -0.888. The normalized spacial score (nSPS) is 24.7. The number of hydrogen-bond acceptors (Lipinski definition) is 3. The number of hydrogen-bond donors (Lipinski definition) is 2. The highest BCUT2D eigenvalue weighted by Crippen LogP contribution is 2.23. The third-order valence-corrected chi connectivity index (χ3v) is 3.21. The first-order valence-electron chi connectivity index (χ1n) is 6.31. The fourth-order valence-electron chi connectivity index (χ4n) is 2.32. The zero-order valence-electron chi connectivity index (χ0n) is 10.6. The number of nitrogens with zero attached hydrogens (tertiary/aromatic N) is 1. The van der Waals surface area contributed by atoms with Gasteiger partial charge in [-0.15, -0.1) is 0 Å². The van der Waals surface area contributed by atoms with Crippen molar-refractivity contribution in [3.8, 4) is 0 Å². The van der Waals surface area contributed by atoms with Gasteiger partial charge in [-0.1, -0.05) is 13.8 Å². The first-order chi connectivity index (χ1) is 8.07. The lowest BCUT2D eigenvalue weighted by Crippen LogP contribution is -2.54. The smallest absolute Gasteiger partial charge is 0.326 e. The summed E-state index contributed by atoms with van der Waals surface area (Å²) in [5.74, 6) is -0.949. The minimum absolute atomic E-state index is 0.0383. The first kappa shape index (κ1) is 14.0. The van der Waals surface area contributed by atoms with E-state index in [4.69, 9.17) is 0 Å². The van der Waals surface area contributed by atoms with Crippen molar-refractivity contribution >= 4 is 11.9 Å². The number of carbonyl (C=O) groups is 2. The van der Waals surface area contributed by atoms with E-state index in [1.54, 1.807) is 0 Å². The molecule has 5 nitrogen and oxygen atoms in total. The van der Waals surface area contributed by atoms with E-state index in [0.717, 1.165) is 25.8 Å². The van der Waals surface area contributed by atoms with Crippen LogP contribution in [0.5, 0.6) is 0 Å². The van der Waals surface area contributed by atoms with Gasteiger partial charge >= 0.3 is 5.97 Å². The summed E-state index contributed by atoms with van der Waals surface area (Å²) >= 11 is 0. The second kappa shape index (κ2) is 6.59. The van der Waals surface area contributed by atoms with E-state index in [2.05, 4.69) is 5.32 Å². The molecule has 1 heterocycles. The molecule has 0 aromatic carbocycles. The molecule has 0 radical (unpaired) electrons. The van der Waals surface area contributed by atoms with Crippen molar-refractivity contribution in [1.82, 2.24) is 10.2 Å². The van der Waals surface area contributed by atoms with E-state index < -0.39 is 12.0 Å². The van der Waals surface area contributed by atoms with E-state index in [9.17, 15) is 14.7 Å². The molecule has 2 N–H and O–H groups in total. The molecule has 0 saturated carbocycles. The van der Waals surface area contributed by atoms with E-state index in [-0.39, 0.29) is 18.4 Å². The molecular formula is C12H22N2O3. The Morgan fingerprint density at radius 3 is 2.76 bits per heavy atom. The SMILES string of the molecule is CCCNCC(=O)N1CCCC(C)C1C(=O)O. The summed E-state index contributed by atoms with van der Waals surface area (Å²) in [4.78, 5) is 24.6. The molecule has 1 rings (SSSR count). The van der Waals surface area contributed by atoms with Crippen molar-refractivity contribution in [3.05, 3.63) is 0 Å². The number of carboxylic acids is 1. The van der Waals surface area contributed by atoms with Crippen LogP contribution in [0.15, 0.2) is 0 Å². The van der Waals surface area contributed by atoms with Crippen LogP contribution >= 0.6 is 0 Å². The van der Waals surface area contributed by atoms with Crippen LogP contribution in [0, 0.1) is 5.92 Å². The minimum Gasteiger partial charge on any atom is -0.480 e. The van der Waals surface area contributed by atoms with Crippen LogP contribution in [0.25, 0.3) is 0 Å². The zero-order chi connectivity index (χ0) is 12.8. The van der Waals surface area contributed by atoms with Crippen LogP contribution in [-0.2, 0) is 9.59 Å². The summed E-state index contributed by atoms with van der Waals surface area (Å²) in [6.45, 7) is 5.52. The predicted octanol–water partition coefficient (Wildman–Crippen LogP) is 0.698. The number of nitrogens with one attached hydrogen (secondary N) is 1. The van der Waals surface area contributed by atoms with Crippen molar-refractivity contribution in [2.24, 2.45) is 5.92 Å². The van der Waals surface area contributed by atoms with Gasteiger partial charge in [-0.05, 0) is 31.7 Å². The largest absolute Gasteiger partial charge is 0.480 e. The first-order valence-corrected chi connectivity index (χ1v) is 6.31. The average molecular weight is 242 g/mol. The van der Waals surface area contributed by atoms with Gasteiger partial charge in [-0.2, -0.15) is 0 Å². The van der Waals surface area contributed by atoms with Crippen molar-refractivity contribution < 1.29 is 14.7 Å². The monoisotopic (exact) mass is 242 g/mol. The van der Waals surface area contributed by atoms with Crippen LogP contribution in [0.1, 0.15) is 33.1 Å². The van der Waals surface area contributed by atoms with Gasteiger partial charge in [0.05, 0.1) is 6.54 Å². The molecule has 1 fully saturated rings. The second-order valence-corrected chi connectivity index (χ2v) is 4.67. The third-order valence-electron chi connectivity index (χ3n) is 3.21. The maximum atomic E-state index is 11.9. The fourth-order valence-corrected chi connectivity index (χ4v) is 2.32. The third kappa shape index (κ3) is 3.70. The highest BCUT2D eigenvalue weighted by molar-refractivity contribution is 5.85. The molecule has 0 aliphatic carbocycles. The Bertz CT molecular complexity index is 281. The molecule has 0 aromatic rings. The summed E-state index contributed by atoms with van der Waals surface area (Å²) in [5.41, 5.74) is 0. The zero-order valence-corrected chi connectivity index (χ0v) is 10.6. The van der Waals surface area contributed by atoms with E-state index >= 15 is 0 Å². The topological polar surface area (TPSA) is 69.6 Å². The summed E-state index contributed by atoms with van der Waals surface area (Å²) in [6, 6.07) is -0.653. The lowest BCUT2D eigenvalue weighted by atomic mass is 9.91. The Labute approximate surface area is 102 Å². The molecule has 1 aliphatic heterocycles. The van der Waals surface area contributed by atoms with Crippen LogP contribution in [0.4, 0.5) is 0 Å². The number of piperidine rings is 1. The van der Waals surface area contributed by atoms with Gasteiger partial charge < -0.3 is 15.3 Å².